The molecule has 6 heteroatoms. The first-order valence-electron chi connectivity index (χ1n) is 9.07. The van der Waals surface area contributed by atoms with Gasteiger partial charge in [0.1, 0.15) is 6.10 Å². The highest BCUT2D eigenvalue weighted by Crippen LogP contribution is 2.25. The molecule has 0 radical (unpaired) electrons. The van der Waals surface area contributed by atoms with Crippen molar-refractivity contribution in [3.8, 4) is 0 Å². The van der Waals surface area contributed by atoms with Gasteiger partial charge in [-0.1, -0.05) is 19.8 Å². The number of rotatable bonds is 7. The maximum atomic E-state index is 12.7. The van der Waals surface area contributed by atoms with Crippen molar-refractivity contribution in [1.82, 2.24) is 10.2 Å². The highest BCUT2D eigenvalue weighted by atomic mass is 16.5. The number of likely N-dealkylation sites (tertiary alicyclic amines) is 1. The van der Waals surface area contributed by atoms with Crippen LogP contribution in [0.5, 0.6) is 0 Å². The third kappa shape index (κ3) is 5.18. The standard InChI is InChI=1S/C17H31N3O3/c1-2-15(23-14-7-3-4-8-14)17(22)20-11-5-6-13(12-20)16(21)19-10-9-18/h13-15H,2-12,18H2,1H3,(H,19,21). The number of carbonyl (C=O) groups is 2. The highest BCUT2D eigenvalue weighted by molar-refractivity contribution is 5.83. The number of hydrogen-bond donors (Lipinski definition) is 2. The molecule has 2 fully saturated rings. The molecule has 2 rings (SSSR count). The van der Waals surface area contributed by atoms with E-state index in [9.17, 15) is 9.59 Å². The average Bonchev–Trinajstić information content (AvgIpc) is 3.10. The summed E-state index contributed by atoms with van der Waals surface area (Å²) in [5.41, 5.74) is 5.42. The van der Waals surface area contributed by atoms with Gasteiger partial charge in [-0.2, -0.15) is 0 Å². The lowest BCUT2D eigenvalue weighted by molar-refractivity contribution is -0.150. The van der Waals surface area contributed by atoms with E-state index < -0.39 is 0 Å². The summed E-state index contributed by atoms with van der Waals surface area (Å²) >= 11 is 0. The van der Waals surface area contributed by atoms with Crippen molar-refractivity contribution in [3.63, 3.8) is 0 Å². The van der Waals surface area contributed by atoms with Gasteiger partial charge in [0.25, 0.3) is 5.91 Å². The molecule has 6 nitrogen and oxygen atoms in total. The predicted molar refractivity (Wildman–Crippen MR) is 88.8 cm³/mol. The van der Waals surface area contributed by atoms with Crippen molar-refractivity contribution in [2.24, 2.45) is 11.7 Å². The Labute approximate surface area is 139 Å². The van der Waals surface area contributed by atoms with E-state index >= 15 is 0 Å². The number of nitrogens with zero attached hydrogens (tertiary/aromatic N) is 1. The molecule has 3 N–H and O–H groups in total. The third-order valence-electron chi connectivity index (χ3n) is 4.85. The van der Waals surface area contributed by atoms with Crippen LogP contribution >= 0.6 is 0 Å². The maximum absolute atomic E-state index is 12.7. The number of piperidine rings is 1. The molecule has 1 aliphatic heterocycles. The van der Waals surface area contributed by atoms with Crippen molar-refractivity contribution >= 4 is 11.8 Å². The lowest BCUT2D eigenvalue weighted by Crippen LogP contribution is -2.49. The Morgan fingerprint density at radius 1 is 1.26 bits per heavy atom. The molecule has 0 aromatic rings. The summed E-state index contributed by atoms with van der Waals surface area (Å²) in [4.78, 5) is 26.7. The van der Waals surface area contributed by atoms with Gasteiger partial charge in [-0.05, 0) is 32.1 Å². The monoisotopic (exact) mass is 325 g/mol. The Kier molecular flexibility index (Phi) is 7.30. The fourth-order valence-electron chi connectivity index (χ4n) is 3.52. The van der Waals surface area contributed by atoms with Crippen LogP contribution in [0, 0.1) is 5.92 Å². The van der Waals surface area contributed by atoms with Crippen LogP contribution in [0.3, 0.4) is 0 Å². The quantitative estimate of drug-likeness (QED) is 0.732. The SMILES string of the molecule is CCC(OC1CCCC1)C(=O)N1CCCC(C(=O)NCCN)C1. The number of carbonyl (C=O) groups excluding carboxylic acids is 2. The molecule has 1 saturated heterocycles. The Balaban J connectivity index is 1.87. The zero-order valence-electron chi connectivity index (χ0n) is 14.3. The van der Waals surface area contributed by atoms with Crippen LogP contribution in [0.15, 0.2) is 0 Å². The van der Waals surface area contributed by atoms with Crippen LogP contribution < -0.4 is 11.1 Å². The summed E-state index contributed by atoms with van der Waals surface area (Å²) in [6, 6.07) is 0. The Morgan fingerprint density at radius 2 is 2.00 bits per heavy atom. The van der Waals surface area contributed by atoms with Gasteiger partial charge in [-0.25, -0.2) is 0 Å². The number of ether oxygens (including phenoxy) is 1. The zero-order valence-corrected chi connectivity index (χ0v) is 14.3. The molecule has 2 aliphatic rings. The van der Waals surface area contributed by atoms with Crippen molar-refractivity contribution in [2.45, 2.75) is 64.1 Å². The Bertz CT molecular complexity index is 397. The first kappa shape index (κ1) is 18.2. The molecule has 2 atom stereocenters. The summed E-state index contributed by atoms with van der Waals surface area (Å²) in [6.07, 6.45) is 6.79. The maximum Gasteiger partial charge on any atom is 0.251 e. The molecule has 0 bridgehead atoms. The predicted octanol–water partition coefficient (Wildman–Crippen LogP) is 1.04. The van der Waals surface area contributed by atoms with Crippen LogP contribution in [0.25, 0.3) is 0 Å². The minimum atomic E-state index is -0.357. The second kappa shape index (κ2) is 9.23. The highest BCUT2D eigenvalue weighted by Gasteiger charge is 2.33. The van der Waals surface area contributed by atoms with E-state index in [0.717, 1.165) is 32.2 Å². The number of amides is 2. The summed E-state index contributed by atoms with van der Waals surface area (Å²) in [5.74, 6) is -0.0586. The molecule has 0 aromatic heterocycles. The van der Waals surface area contributed by atoms with Crippen molar-refractivity contribution in [2.75, 3.05) is 26.2 Å². The molecule has 132 valence electrons. The number of nitrogens with two attached hydrogens (primary N) is 1. The van der Waals surface area contributed by atoms with Gasteiger partial charge in [0.15, 0.2) is 0 Å². The van der Waals surface area contributed by atoms with Crippen LogP contribution in [0.4, 0.5) is 0 Å². The third-order valence-corrected chi connectivity index (χ3v) is 4.85. The molecular weight excluding hydrogens is 294 g/mol. The van der Waals surface area contributed by atoms with Gasteiger partial charge < -0.3 is 20.7 Å². The van der Waals surface area contributed by atoms with Gasteiger partial charge in [0.05, 0.1) is 12.0 Å². The van der Waals surface area contributed by atoms with Crippen molar-refractivity contribution in [3.05, 3.63) is 0 Å². The Morgan fingerprint density at radius 3 is 2.65 bits per heavy atom. The number of hydrogen-bond acceptors (Lipinski definition) is 4. The summed E-state index contributed by atoms with van der Waals surface area (Å²) < 4.78 is 6.03. The molecular formula is C17H31N3O3. The second-order valence-electron chi connectivity index (χ2n) is 6.64. The van der Waals surface area contributed by atoms with E-state index in [4.69, 9.17) is 10.5 Å². The van der Waals surface area contributed by atoms with E-state index in [1.165, 1.54) is 12.8 Å². The molecule has 1 heterocycles. The van der Waals surface area contributed by atoms with Crippen molar-refractivity contribution in [1.29, 1.82) is 0 Å². The van der Waals surface area contributed by atoms with Crippen LogP contribution in [0.2, 0.25) is 0 Å². The number of nitrogens with one attached hydrogen (secondary N) is 1. The first-order chi connectivity index (χ1) is 11.2. The largest absolute Gasteiger partial charge is 0.365 e. The van der Waals surface area contributed by atoms with Gasteiger partial charge in [0, 0.05) is 26.2 Å². The lowest BCUT2D eigenvalue weighted by Gasteiger charge is -2.34. The lowest BCUT2D eigenvalue weighted by atomic mass is 9.96. The smallest absolute Gasteiger partial charge is 0.251 e. The normalized spacial score (nSPS) is 23.7. The van der Waals surface area contributed by atoms with E-state index in [1.54, 1.807) is 0 Å². The van der Waals surface area contributed by atoms with Crippen LogP contribution in [-0.4, -0.2) is 55.1 Å². The molecule has 2 unspecified atom stereocenters. The van der Waals surface area contributed by atoms with Gasteiger partial charge in [-0.3, -0.25) is 9.59 Å². The molecule has 0 aromatic carbocycles. The fraction of sp³-hybridized carbons (Fsp3) is 0.882. The molecule has 0 spiro atoms. The first-order valence-corrected chi connectivity index (χ1v) is 9.07. The van der Waals surface area contributed by atoms with Gasteiger partial charge in [-0.15, -0.1) is 0 Å². The average molecular weight is 325 g/mol. The minimum Gasteiger partial charge on any atom is -0.365 e. The van der Waals surface area contributed by atoms with E-state index in [2.05, 4.69) is 5.32 Å². The topological polar surface area (TPSA) is 84.7 Å². The molecule has 1 saturated carbocycles. The minimum absolute atomic E-state index is 0.0118. The van der Waals surface area contributed by atoms with E-state index in [-0.39, 0.29) is 29.9 Å². The second-order valence-corrected chi connectivity index (χ2v) is 6.64. The van der Waals surface area contributed by atoms with Crippen LogP contribution in [-0.2, 0) is 14.3 Å². The summed E-state index contributed by atoms with van der Waals surface area (Å²) in [6.45, 7) is 4.15. The molecule has 2 amide bonds. The fourth-order valence-corrected chi connectivity index (χ4v) is 3.52. The van der Waals surface area contributed by atoms with E-state index in [1.807, 2.05) is 11.8 Å². The van der Waals surface area contributed by atoms with Gasteiger partial charge in [0.2, 0.25) is 5.91 Å². The van der Waals surface area contributed by atoms with Gasteiger partial charge >= 0.3 is 0 Å². The van der Waals surface area contributed by atoms with Crippen molar-refractivity contribution < 1.29 is 14.3 Å². The Hall–Kier alpha value is -1.14. The molecule has 23 heavy (non-hydrogen) atoms. The molecule has 1 aliphatic carbocycles. The summed E-state index contributed by atoms with van der Waals surface area (Å²) in [5, 5.41) is 2.83. The summed E-state index contributed by atoms with van der Waals surface area (Å²) in [7, 11) is 0. The van der Waals surface area contributed by atoms with Crippen LogP contribution in [0.1, 0.15) is 51.9 Å². The van der Waals surface area contributed by atoms with E-state index in [0.29, 0.717) is 26.1 Å². The zero-order chi connectivity index (χ0) is 16.7.